The van der Waals surface area contributed by atoms with Crippen molar-refractivity contribution in [2.45, 2.75) is 29.9 Å². The van der Waals surface area contributed by atoms with E-state index in [0.717, 1.165) is 37.9 Å². The summed E-state index contributed by atoms with van der Waals surface area (Å²) in [5.41, 5.74) is 0.0809. The normalized spacial score (nSPS) is 16.6. The number of sulfone groups is 1. The number of hydrogen-bond donors (Lipinski definition) is 2. The molecule has 2 aromatic rings. The SMILES string of the molecule is CS(=O)(=O)c1ccccc1C(=O)NC[C@@H](O)CN1CCC(Oc2ccc(Cl)cc2)CC1. The molecular weight excluding hydrogens is 440 g/mol. The molecule has 3 rings (SSSR count). The quantitative estimate of drug-likeness (QED) is 0.620. The fraction of sp³-hybridized carbons (Fsp3) is 0.409. The molecule has 9 heteroatoms. The van der Waals surface area contributed by atoms with Gasteiger partial charge in [-0.25, -0.2) is 8.42 Å². The molecule has 1 fully saturated rings. The number of rotatable bonds is 8. The summed E-state index contributed by atoms with van der Waals surface area (Å²) in [6, 6.07) is 13.3. The molecule has 1 amide bonds. The van der Waals surface area contributed by atoms with Gasteiger partial charge in [-0.05, 0) is 49.2 Å². The van der Waals surface area contributed by atoms with Crippen LogP contribution in [0.1, 0.15) is 23.2 Å². The van der Waals surface area contributed by atoms with Gasteiger partial charge >= 0.3 is 0 Å². The number of aliphatic hydroxyl groups is 1. The van der Waals surface area contributed by atoms with Crippen molar-refractivity contribution in [2.24, 2.45) is 0 Å². The molecule has 1 heterocycles. The third-order valence-corrected chi connectivity index (χ3v) is 6.56. The molecule has 168 valence electrons. The van der Waals surface area contributed by atoms with E-state index in [4.69, 9.17) is 16.3 Å². The Morgan fingerprint density at radius 2 is 1.84 bits per heavy atom. The lowest BCUT2D eigenvalue weighted by Crippen LogP contribution is -2.45. The zero-order chi connectivity index (χ0) is 22.4. The van der Waals surface area contributed by atoms with E-state index in [1.165, 1.54) is 12.1 Å². The molecule has 1 aliphatic heterocycles. The van der Waals surface area contributed by atoms with Crippen LogP contribution in [0.15, 0.2) is 53.4 Å². The molecular formula is C22H27ClN2O5S. The molecule has 2 N–H and O–H groups in total. The molecule has 0 aromatic heterocycles. The topological polar surface area (TPSA) is 95.9 Å². The lowest BCUT2D eigenvalue weighted by atomic mass is 10.1. The van der Waals surface area contributed by atoms with Crippen LogP contribution in [0, 0.1) is 0 Å². The van der Waals surface area contributed by atoms with Crippen molar-refractivity contribution in [1.82, 2.24) is 10.2 Å². The Morgan fingerprint density at radius 3 is 2.48 bits per heavy atom. The Morgan fingerprint density at radius 1 is 1.19 bits per heavy atom. The van der Waals surface area contributed by atoms with E-state index >= 15 is 0 Å². The minimum absolute atomic E-state index is 0.0234. The highest BCUT2D eigenvalue weighted by Gasteiger charge is 2.23. The zero-order valence-corrected chi connectivity index (χ0v) is 18.9. The maximum absolute atomic E-state index is 12.4. The number of nitrogens with one attached hydrogen (secondary N) is 1. The molecule has 0 radical (unpaired) electrons. The third kappa shape index (κ3) is 6.93. The van der Waals surface area contributed by atoms with Crippen molar-refractivity contribution >= 4 is 27.3 Å². The van der Waals surface area contributed by atoms with E-state index in [9.17, 15) is 18.3 Å². The van der Waals surface area contributed by atoms with E-state index < -0.39 is 21.8 Å². The highest BCUT2D eigenvalue weighted by Crippen LogP contribution is 2.21. The average molecular weight is 467 g/mol. The largest absolute Gasteiger partial charge is 0.490 e. The molecule has 1 atom stereocenters. The first kappa shape index (κ1) is 23.5. The number of piperidine rings is 1. The lowest BCUT2D eigenvalue weighted by molar-refractivity contribution is 0.0593. The molecule has 0 unspecified atom stereocenters. The molecule has 1 aliphatic rings. The van der Waals surface area contributed by atoms with E-state index in [1.807, 2.05) is 12.1 Å². The predicted molar refractivity (Wildman–Crippen MR) is 119 cm³/mol. The number of likely N-dealkylation sites (tertiary alicyclic amines) is 1. The third-order valence-electron chi connectivity index (χ3n) is 5.15. The summed E-state index contributed by atoms with van der Waals surface area (Å²) >= 11 is 5.89. The molecule has 0 saturated carbocycles. The highest BCUT2D eigenvalue weighted by molar-refractivity contribution is 7.90. The van der Waals surface area contributed by atoms with Crippen LogP contribution < -0.4 is 10.1 Å². The van der Waals surface area contributed by atoms with Gasteiger partial charge in [-0.2, -0.15) is 0 Å². The van der Waals surface area contributed by atoms with Gasteiger partial charge in [0.05, 0.1) is 16.6 Å². The maximum atomic E-state index is 12.4. The Hall–Kier alpha value is -2.13. The number of carbonyl (C=O) groups excluding carboxylic acids is 1. The number of carbonyl (C=O) groups is 1. The lowest BCUT2D eigenvalue weighted by Gasteiger charge is -2.33. The molecule has 0 spiro atoms. The molecule has 0 bridgehead atoms. The summed E-state index contributed by atoms with van der Waals surface area (Å²) in [6.45, 7) is 2.01. The fourth-order valence-corrected chi connectivity index (χ4v) is 4.57. The van der Waals surface area contributed by atoms with Gasteiger partial charge in [-0.3, -0.25) is 4.79 Å². The van der Waals surface area contributed by atoms with Crippen LogP contribution in [-0.4, -0.2) is 69.0 Å². The number of ether oxygens (including phenoxy) is 1. The zero-order valence-electron chi connectivity index (χ0n) is 17.3. The Kier molecular flexibility index (Phi) is 7.94. The number of nitrogens with zero attached hydrogens (tertiary/aromatic N) is 1. The van der Waals surface area contributed by atoms with Gasteiger partial charge in [0.1, 0.15) is 11.9 Å². The van der Waals surface area contributed by atoms with E-state index in [-0.39, 0.29) is 23.1 Å². The van der Waals surface area contributed by atoms with Crippen molar-refractivity contribution in [3.05, 3.63) is 59.1 Å². The second-order valence-electron chi connectivity index (χ2n) is 7.70. The summed E-state index contributed by atoms with van der Waals surface area (Å²) in [7, 11) is -3.52. The molecule has 0 aliphatic carbocycles. The van der Waals surface area contributed by atoms with Crippen molar-refractivity contribution < 1.29 is 23.1 Å². The maximum Gasteiger partial charge on any atom is 0.252 e. The Balaban J connectivity index is 1.43. The van der Waals surface area contributed by atoms with E-state index in [1.54, 1.807) is 24.3 Å². The molecule has 2 aromatic carbocycles. The Bertz CT molecular complexity index is 989. The first-order chi connectivity index (χ1) is 14.7. The predicted octanol–water partition coefficient (Wildman–Crippen LogP) is 2.38. The van der Waals surface area contributed by atoms with Crippen molar-refractivity contribution in [1.29, 1.82) is 0 Å². The van der Waals surface area contributed by atoms with Crippen LogP contribution in [0.4, 0.5) is 0 Å². The number of benzene rings is 2. The molecule has 7 nitrogen and oxygen atoms in total. The summed E-state index contributed by atoms with van der Waals surface area (Å²) in [4.78, 5) is 14.5. The van der Waals surface area contributed by atoms with Gasteiger partial charge in [0, 0.05) is 37.5 Å². The van der Waals surface area contributed by atoms with Gasteiger partial charge in [0.25, 0.3) is 5.91 Å². The monoisotopic (exact) mass is 466 g/mol. The first-order valence-corrected chi connectivity index (χ1v) is 12.4. The van der Waals surface area contributed by atoms with Crippen LogP contribution in [0.3, 0.4) is 0 Å². The second-order valence-corrected chi connectivity index (χ2v) is 10.1. The highest BCUT2D eigenvalue weighted by atomic mass is 35.5. The van der Waals surface area contributed by atoms with E-state index in [0.29, 0.717) is 11.6 Å². The van der Waals surface area contributed by atoms with E-state index in [2.05, 4.69) is 10.2 Å². The second kappa shape index (κ2) is 10.5. The van der Waals surface area contributed by atoms with Crippen LogP contribution in [-0.2, 0) is 9.84 Å². The Labute approximate surface area is 187 Å². The fourth-order valence-electron chi connectivity index (χ4n) is 3.56. The number of amides is 1. The van der Waals surface area contributed by atoms with Crippen LogP contribution >= 0.6 is 11.6 Å². The standard InChI is InChI=1S/C22H27ClN2O5S/c1-31(28,29)21-5-3-2-4-20(21)22(27)24-14-17(26)15-25-12-10-19(11-13-25)30-18-8-6-16(23)7-9-18/h2-9,17,19,26H,10-15H2,1H3,(H,24,27)/t17-/m1/s1. The van der Waals surface area contributed by atoms with Crippen molar-refractivity contribution in [2.75, 3.05) is 32.4 Å². The minimum atomic E-state index is -3.52. The number of hydrogen-bond acceptors (Lipinski definition) is 6. The van der Waals surface area contributed by atoms with Gasteiger partial charge in [0.15, 0.2) is 9.84 Å². The van der Waals surface area contributed by atoms with Crippen LogP contribution in [0.5, 0.6) is 5.75 Å². The van der Waals surface area contributed by atoms with Gasteiger partial charge in [-0.1, -0.05) is 23.7 Å². The van der Waals surface area contributed by atoms with Crippen LogP contribution in [0.25, 0.3) is 0 Å². The minimum Gasteiger partial charge on any atom is -0.490 e. The number of aliphatic hydroxyl groups excluding tert-OH is 1. The van der Waals surface area contributed by atoms with Crippen molar-refractivity contribution in [3.8, 4) is 5.75 Å². The van der Waals surface area contributed by atoms with Crippen molar-refractivity contribution in [3.63, 3.8) is 0 Å². The molecule has 1 saturated heterocycles. The van der Waals surface area contributed by atoms with Crippen LogP contribution in [0.2, 0.25) is 5.02 Å². The smallest absolute Gasteiger partial charge is 0.252 e. The summed E-state index contributed by atoms with van der Waals surface area (Å²) in [5.74, 6) is 0.273. The number of halogens is 1. The summed E-state index contributed by atoms with van der Waals surface area (Å²) in [5, 5.41) is 13.6. The average Bonchev–Trinajstić information content (AvgIpc) is 2.74. The number of β-amino-alcohol motifs (C(OH)–C–C–N with tert-alkyl or cyclic N) is 1. The van der Waals surface area contributed by atoms with Gasteiger partial charge in [0.2, 0.25) is 0 Å². The first-order valence-electron chi connectivity index (χ1n) is 10.1. The summed E-state index contributed by atoms with van der Waals surface area (Å²) < 4.78 is 29.7. The molecule has 31 heavy (non-hydrogen) atoms. The van der Waals surface area contributed by atoms with Gasteiger partial charge in [-0.15, -0.1) is 0 Å². The summed E-state index contributed by atoms with van der Waals surface area (Å²) in [6.07, 6.45) is 2.09. The van der Waals surface area contributed by atoms with Gasteiger partial charge < -0.3 is 20.1 Å².